The van der Waals surface area contributed by atoms with Crippen LogP contribution in [0.2, 0.25) is 0 Å². The number of ether oxygens (including phenoxy) is 3. The van der Waals surface area contributed by atoms with Crippen LogP contribution in [0.15, 0.2) is 0 Å². The molecule has 1 atom stereocenters. The average molecular weight is 216 g/mol. The summed E-state index contributed by atoms with van der Waals surface area (Å²) < 4.78 is 15.3. The van der Waals surface area contributed by atoms with Crippen LogP contribution in [-0.2, 0) is 14.2 Å². The fourth-order valence-electron chi connectivity index (χ4n) is 0.799. The Hall–Kier alpha value is -0.670. The molecule has 0 radical (unpaired) electrons. The Labute approximate surface area is 91.3 Å². The molecule has 0 aliphatic rings. The minimum absolute atomic E-state index is 0.355. The Morgan fingerprint density at radius 3 is 2.33 bits per heavy atom. The second-order valence-electron chi connectivity index (χ2n) is 3.35. The van der Waals surface area contributed by atoms with Crippen molar-refractivity contribution in [3.8, 4) is 6.07 Å². The van der Waals surface area contributed by atoms with E-state index in [1.54, 1.807) is 21.1 Å². The molecule has 0 amide bonds. The van der Waals surface area contributed by atoms with Crippen LogP contribution >= 0.6 is 0 Å². The van der Waals surface area contributed by atoms with Crippen molar-refractivity contribution >= 4 is 0 Å². The monoisotopic (exact) mass is 216 g/mol. The molecule has 0 aliphatic heterocycles. The zero-order valence-corrected chi connectivity index (χ0v) is 9.71. The molecule has 0 aromatic carbocycles. The van der Waals surface area contributed by atoms with Crippen molar-refractivity contribution in [2.75, 3.05) is 47.2 Å². The first-order chi connectivity index (χ1) is 7.18. The van der Waals surface area contributed by atoms with Gasteiger partial charge in [0.25, 0.3) is 0 Å². The number of hydrogen-bond acceptors (Lipinski definition) is 5. The highest BCUT2D eigenvalue weighted by Crippen LogP contribution is 2.00. The summed E-state index contributed by atoms with van der Waals surface area (Å²) in [6, 6.07) is 2.14. The molecule has 0 bridgehead atoms. The summed E-state index contributed by atoms with van der Waals surface area (Å²) in [5.74, 6) is 0. The summed E-state index contributed by atoms with van der Waals surface area (Å²) in [5, 5.41) is 11.7. The lowest BCUT2D eigenvalue weighted by atomic mass is 10.1. The first-order valence-electron chi connectivity index (χ1n) is 4.93. The summed E-state index contributed by atoms with van der Waals surface area (Å²) in [7, 11) is 3.37. The van der Waals surface area contributed by atoms with E-state index < -0.39 is 5.54 Å². The highest BCUT2D eigenvalue weighted by molar-refractivity contribution is 5.02. The second kappa shape index (κ2) is 8.62. The molecule has 0 aromatic rings. The van der Waals surface area contributed by atoms with Crippen molar-refractivity contribution in [1.82, 2.24) is 5.32 Å². The number of nitriles is 1. The number of rotatable bonds is 9. The van der Waals surface area contributed by atoms with E-state index in [1.165, 1.54) is 0 Å². The lowest BCUT2D eigenvalue weighted by Crippen LogP contribution is -2.43. The van der Waals surface area contributed by atoms with Gasteiger partial charge < -0.3 is 19.5 Å². The van der Waals surface area contributed by atoms with Crippen molar-refractivity contribution in [2.24, 2.45) is 0 Å². The molecule has 0 rings (SSSR count). The lowest BCUT2D eigenvalue weighted by molar-refractivity contribution is 0.0155. The Balaban J connectivity index is 3.35. The van der Waals surface area contributed by atoms with Gasteiger partial charge in [0.1, 0.15) is 5.54 Å². The molecule has 88 valence electrons. The van der Waals surface area contributed by atoms with Crippen LogP contribution in [-0.4, -0.2) is 52.7 Å². The van der Waals surface area contributed by atoms with E-state index >= 15 is 0 Å². The molecule has 1 N–H and O–H groups in total. The van der Waals surface area contributed by atoms with Crippen LogP contribution in [0.1, 0.15) is 6.92 Å². The van der Waals surface area contributed by atoms with E-state index in [9.17, 15) is 0 Å². The van der Waals surface area contributed by atoms with Gasteiger partial charge in [-0.1, -0.05) is 0 Å². The predicted octanol–water partition coefficient (Wildman–Crippen LogP) is 0.168. The van der Waals surface area contributed by atoms with E-state index in [1.807, 2.05) is 0 Å². The SMILES string of the molecule is CNC(C)(C#N)COCCOCCOC. The van der Waals surface area contributed by atoms with E-state index in [-0.39, 0.29) is 0 Å². The third kappa shape index (κ3) is 7.28. The third-order valence-electron chi connectivity index (χ3n) is 1.99. The van der Waals surface area contributed by atoms with Gasteiger partial charge in [0, 0.05) is 7.11 Å². The van der Waals surface area contributed by atoms with Gasteiger partial charge in [-0.05, 0) is 14.0 Å². The number of nitrogens with one attached hydrogen (secondary N) is 1. The molecular weight excluding hydrogens is 196 g/mol. The maximum absolute atomic E-state index is 8.82. The first kappa shape index (κ1) is 14.3. The molecule has 0 fully saturated rings. The molecule has 0 aliphatic carbocycles. The summed E-state index contributed by atoms with van der Waals surface area (Å²) in [5.41, 5.74) is -0.619. The van der Waals surface area contributed by atoms with Crippen molar-refractivity contribution < 1.29 is 14.2 Å². The van der Waals surface area contributed by atoms with Gasteiger partial charge in [0.15, 0.2) is 0 Å². The second-order valence-corrected chi connectivity index (χ2v) is 3.35. The lowest BCUT2D eigenvalue weighted by Gasteiger charge is -2.20. The van der Waals surface area contributed by atoms with Crippen molar-refractivity contribution in [2.45, 2.75) is 12.5 Å². The fraction of sp³-hybridized carbons (Fsp3) is 0.900. The predicted molar refractivity (Wildman–Crippen MR) is 56.6 cm³/mol. The zero-order chi connectivity index (χ0) is 11.6. The quantitative estimate of drug-likeness (QED) is 0.556. The van der Waals surface area contributed by atoms with Crippen LogP contribution < -0.4 is 5.32 Å². The molecular formula is C10H20N2O3. The molecule has 0 heterocycles. The Morgan fingerprint density at radius 2 is 1.80 bits per heavy atom. The highest BCUT2D eigenvalue weighted by atomic mass is 16.5. The standard InChI is InChI=1S/C10H20N2O3/c1-10(8-11,12-2)9-15-7-6-14-5-4-13-3/h12H,4-7,9H2,1-3H3. The van der Waals surface area contributed by atoms with Crippen LogP contribution in [0.4, 0.5) is 0 Å². The van der Waals surface area contributed by atoms with Crippen LogP contribution in [0.5, 0.6) is 0 Å². The summed E-state index contributed by atoms with van der Waals surface area (Å²) in [6.07, 6.45) is 0. The van der Waals surface area contributed by atoms with Crippen molar-refractivity contribution in [3.63, 3.8) is 0 Å². The number of methoxy groups -OCH3 is 1. The van der Waals surface area contributed by atoms with Crippen molar-refractivity contribution in [3.05, 3.63) is 0 Å². The van der Waals surface area contributed by atoms with Gasteiger partial charge in [0.05, 0.1) is 39.1 Å². The summed E-state index contributed by atoms with van der Waals surface area (Å²) in [4.78, 5) is 0. The maximum atomic E-state index is 8.82. The topological polar surface area (TPSA) is 63.5 Å². The molecule has 5 nitrogen and oxygen atoms in total. The minimum Gasteiger partial charge on any atom is -0.382 e. The normalized spacial score (nSPS) is 14.5. The number of nitrogens with zero attached hydrogens (tertiary/aromatic N) is 1. The van der Waals surface area contributed by atoms with Gasteiger partial charge >= 0.3 is 0 Å². The molecule has 5 heteroatoms. The third-order valence-corrected chi connectivity index (χ3v) is 1.99. The largest absolute Gasteiger partial charge is 0.382 e. The van der Waals surface area contributed by atoms with Gasteiger partial charge in [-0.3, -0.25) is 0 Å². The summed E-state index contributed by atoms with van der Waals surface area (Å²) in [6.45, 7) is 4.32. The molecule has 0 saturated carbocycles. The van der Waals surface area contributed by atoms with E-state index in [4.69, 9.17) is 19.5 Å². The van der Waals surface area contributed by atoms with Gasteiger partial charge in [-0.25, -0.2) is 0 Å². The van der Waals surface area contributed by atoms with E-state index in [0.29, 0.717) is 33.0 Å². The average Bonchev–Trinajstić information content (AvgIpc) is 2.27. The number of likely N-dealkylation sites (N-methyl/N-ethyl adjacent to an activating group) is 1. The van der Waals surface area contributed by atoms with Crippen LogP contribution in [0.25, 0.3) is 0 Å². The van der Waals surface area contributed by atoms with Gasteiger partial charge in [0.2, 0.25) is 0 Å². The number of hydrogen-bond donors (Lipinski definition) is 1. The van der Waals surface area contributed by atoms with E-state index in [2.05, 4.69) is 11.4 Å². The molecule has 0 spiro atoms. The Kier molecular flexibility index (Phi) is 8.24. The molecule has 0 aromatic heterocycles. The smallest absolute Gasteiger partial charge is 0.127 e. The molecule has 1 unspecified atom stereocenters. The molecule has 15 heavy (non-hydrogen) atoms. The zero-order valence-electron chi connectivity index (χ0n) is 9.71. The minimum atomic E-state index is -0.619. The highest BCUT2D eigenvalue weighted by Gasteiger charge is 2.20. The van der Waals surface area contributed by atoms with Crippen LogP contribution in [0.3, 0.4) is 0 Å². The summed E-state index contributed by atoms with van der Waals surface area (Å²) >= 11 is 0. The maximum Gasteiger partial charge on any atom is 0.127 e. The fourth-order valence-corrected chi connectivity index (χ4v) is 0.799. The van der Waals surface area contributed by atoms with Gasteiger partial charge in [-0.15, -0.1) is 0 Å². The first-order valence-corrected chi connectivity index (χ1v) is 4.93. The Bertz CT molecular complexity index is 194. The van der Waals surface area contributed by atoms with Crippen LogP contribution in [0, 0.1) is 11.3 Å². The molecule has 0 saturated heterocycles. The van der Waals surface area contributed by atoms with E-state index in [0.717, 1.165) is 0 Å². The van der Waals surface area contributed by atoms with Gasteiger partial charge in [-0.2, -0.15) is 5.26 Å². The van der Waals surface area contributed by atoms with Crippen molar-refractivity contribution in [1.29, 1.82) is 5.26 Å². The Morgan fingerprint density at radius 1 is 1.20 bits per heavy atom.